The number of para-hydroxylation sites is 1. The number of nitrogens with two attached hydrogens (primary N) is 1. The summed E-state index contributed by atoms with van der Waals surface area (Å²) >= 11 is 1.63. The van der Waals surface area contributed by atoms with E-state index < -0.39 is 0 Å². The molecule has 0 amide bonds. The fourth-order valence-corrected chi connectivity index (χ4v) is 3.09. The standard InChI is InChI=1S/C14H17N3OS/c1-9(6-7-18)19-13-10-4-2-3-5-12(10)17-8-11(13)14(15)16/h2-5,8-9,18H,6-7H2,1H3,(H3,15,16). The SMILES string of the molecule is CC(CCO)Sc1c(C(=N)N)cnc2ccccc12. The van der Waals surface area contributed by atoms with Gasteiger partial charge >= 0.3 is 0 Å². The minimum Gasteiger partial charge on any atom is -0.396 e. The monoisotopic (exact) mass is 275 g/mol. The van der Waals surface area contributed by atoms with Crippen molar-refractivity contribution >= 4 is 28.5 Å². The molecule has 4 N–H and O–H groups in total. The zero-order chi connectivity index (χ0) is 13.8. The second-order valence-electron chi connectivity index (χ2n) is 4.37. The number of amidine groups is 1. The van der Waals surface area contributed by atoms with Gasteiger partial charge in [0.25, 0.3) is 0 Å². The molecular formula is C14H17N3OS. The molecule has 0 fully saturated rings. The summed E-state index contributed by atoms with van der Waals surface area (Å²) in [5, 5.41) is 17.9. The van der Waals surface area contributed by atoms with Gasteiger partial charge in [-0.3, -0.25) is 10.4 Å². The van der Waals surface area contributed by atoms with Crippen LogP contribution in [0.4, 0.5) is 0 Å². The van der Waals surface area contributed by atoms with E-state index in [2.05, 4.69) is 11.9 Å². The molecule has 0 saturated heterocycles. The molecule has 0 aliphatic heterocycles. The van der Waals surface area contributed by atoms with Crippen LogP contribution in [0.1, 0.15) is 18.9 Å². The first-order valence-electron chi connectivity index (χ1n) is 6.13. The highest BCUT2D eigenvalue weighted by atomic mass is 32.2. The van der Waals surface area contributed by atoms with Crippen molar-refractivity contribution in [1.29, 1.82) is 5.41 Å². The second kappa shape index (κ2) is 6.04. The summed E-state index contributed by atoms with van der Waals surface area (Å²) < 4.78 is 0. The fourth-order valence-electron chi connectivity index (χ4n) is 1.88. The summed E-state index contributed by atoms with van der Waals surface area (Å²) in [5.74, 6) is 0.0250. The summed E-state index contributed by atoms with van der Waals surface area (Å²) in [6, 6.07) is 7.83. The van der Waals surface area contributed by atoms with Gasteiger partial charge in [-0.1, -0.05) is 25.1 Å². The molecule has 1 atom stereocenters. The van der Waals surface area contributed by atoms with Gasteiger partial charge in [0.15, 0.2) is 0 Å². The van der Waals surface area contributed by atoms with Crippen LogP contribution in [0.3, 0.4) is 0 Å². The van der Waals surface area contributed by atoms with Crippen molar-refractivity contribution in [3.05, 3.63) is 36.0 Å². The molecule has 0 spiro atoms. The molecule has 100 valence electrons. The molecular weight excluding hydrogens is 258 g/mol. The highest BCUT2D eigenvalue weighted by Crippen LogP contribution is 2.33. The van der Waals surface area contributed by atoms with Gasteiger partial charge in [-0.2, -0.15) is 0 Å². The Morgan fingerprint density at radius 1 is 1.47 bits per heavy atom. The first-order valence-corrected chi connectivity index (χ1v) is 7.01. The van der Waals surface area contributed by atoms with Gasteiger partial charge in [-0.25, -0.2) is 0 Å². The quantitative estimate of drug-likeness (QED) is 0.444. The van der Waals surface area contributed by atoms with Crippen LogP contribution in [0.15, 0.2) is 35.4 Å². The number of hydrogen-bond acceptors (Lipinski definition) is 4. The third kappa shape index (κ3) is 3.05. The molecule has 5 heteroatoms. The number of aliphatic hydroxyl groups excluding tert-OH is 1. The Kier molecular flexibility index (Phi) is 4.39. The molecule has 4 nitrogen and oxygen atoms in total. The zero-order valence-corrected chi connectivity index (χ0v) is 11.6. The van der Waals surface area contributed by atoms with E-state index in [1.807, 2.05) is 24.3 Å². The van der Waals surface area contributed by atoms with E-state index >= 15 is 0 Å². The number of pyridine rings is 1. The predicted molar refractivity (Wildman–Crippen MR) is 79.8 cm³/mol. The highest BCUT2D eigenvalue weighted by Gasteiger charge is 2.14. The Morgan fingerprint density at radius 3 is 2.89 bits per heavy atom. The Bertz CT molecular complexity index is 600. The lowest BCUT2D eigenvalue weighted by atomic mass is 10.1. The van der Waals surface area contributed by atoms with Gasteiger partial charge in [0.2, 0.25) is 0 Å². The number of fused-ring (bicyclic) bond motifs is 1. The summed E-state index contributed by atoms with van der Waals surface area (Å²) in [6.07, 6.45) is 2.36. The molecule has 0 saturated carbocycles. The highest BCUT2D eigenvalue weighted by molar-refractivity contribution is 8.00. The summed E-state index contributed by atoms with van der Waals surface area (Å²) in [6.45, 7) is 2.21. The van der Waals surface area contributed by atoms with Gasteiger partial charge in [-0.05, 0) is 12.5 Å². The Balaban J connectivity index is 2.52. The molecule has 1 aromatic carbocycles. The number of benzene rings is 1. The third-order valence-electron chi connectivity index (χ3n) is 2.87. The van der Waals surface area contributed by atoms with Crippen molar-refractivity contribution in [3.63, 3.8) is 0 Å². The van der Waals surface area contributed by atoms with Crippen LogP contribution in [0.25, 0.3) is 10.9 Å². The van der Waals surface area contributed by atoms with Crippen molar-refractivity contribution in [2.45, 2.75) is 23.5 Å². The smallest absolute Gasteiger partial charge is 0.125 e. The van der Waals surface area contributed by atoms with Crippen molar-refractivity contribution in [1.82, 2.24) is 4.98 Å². The zero-order valence-electron chi connectivity index (χ0n) is 10.8. The van der Waals surface area contributed by atoms with E-state index in [1.54, 1.807) is 18.0 Å². The van der Waals surface area contributed by atoms with E-state index in [4.69, 9.17) is 16.2 Å². The number of aromatic nitrogens is 1. The van der Waals surface area contributed by atoms with Crippen LogP contribution in [0, 0.1) is 5.41 Å². The Morgan fingerprint density at radius 2 is 2.21 bits per heavy atom. The van der Waals surface area contributed by atoms with Gasteiger partial charge in [0, 0.05) is 33.9 Å². The summed E-state index contributed by atoms with van der Waals surface area (Å²) in [4.78, 5) is 5.30. The molecule has 0 radical (unpaired) electrons. The number of nitrogen functional groups attached to an aromatic ring is 1. The van der Waals surface area contributed by atoms with Crippen molar-refractivity contribution in [3.8, 4) is 0 Å². The maximum Gasteiger partial charge on any atom is 0.125 e. The van der Waals surface area contributed by atoms with Gasteiger partial charge in [-0.15, -0.1) is 11.8 Å². The first-order chi connectivity index (χ1) is 9.13. The lowest BCUT2D eigenvalue weighted by molar-refractivity contribution is 0.289. The first kappa shape index (κ1) is 13.8. The van der Waals surface area contributed by atoms with Crippen LogP contribution in [-0.2, 0) is 0 Å². The molecule has 19 heavy (non-hydrogen) atoms. The van der Waals surface area contributed by atoms with Crippen LogP contribution < -0.4 is 5.73 Å². The molecule has 1 aromatic heterocycles. The van der Waals surface area contributed by atoms with Crippen LogP contribution in [0.5, 0.6) is 0 Å². The van der Waals surface area contributed by atoms with Crippen LogP contribution in [0.2, 0.25) is 0 Å². The second-order valence-corrected chi connectivity index (χ2v) is 5.82. The molecule has 2 rings (SSSR count). The molecule has 2 aromatic rings. The topological polar surface area (TPSA) is 83.0 Å². The molecule has 1 unspecified atom stereocenters. The van der Waals surface area contributed by atoms with Gasteiger partial charge < -0.3 is 10.8 Å². The van der Waals surface area contributed by atoms with E-state index in [0.717, 1.165) is 15.8 Å². The predicted octanol–water partition coefficient (Wildman–Crippen LogP) is 2.38. The van der Waals surface area contributed by atoms with Crippen molar-refractivity contribution in [2.75, 3.05) is 6.61 Å². The number of nitrogens with one attached hydrogen (secondary N) is 1. The minimum absolute atomic E-state index is 0.0250. The normalized spacial score (nSPS) is 12.5. The van der Waals surface area contributed by atoms with Gasteiger partial charge in [0.05, 0.1) is 5.52 Å². The molecule has 1 heterocycles. The lowest BCUT2D eigenvalue weighted by Crippen LogP contribution is -2.14. The molecule has 0 aliphatic carbocycles. The lowest BCUT2D eigenvalue weighted by Gasteiger charge is -2.15. The van der Waals surface area contributed by atoms with Crippen LogP contribution >= 0.6 is 11.8 Å². The van der Waals surface area contributed by atoms with E-state index in [9.17, 15) is 0 Å². The number of rotatable bonds is 5. The average Bonchev–Trinajstić information content (AvgIpc) is 2.39. The molecule has 0 bridgehead atoms. The average molecular weight is 275 g/mol. The maximum atomic E-state index is 9.01. The van der Waals surface area contributed by atoms with Crippen molar-refractivity contribution in [2.24, 2.45) is 5.73 Å². The third-order valence-corrected chi connectivity index (χ3v) is 4.18. The van der Waals surface area contributed by atoms with Crippen LogP contribution in [-0.4, -0.2) is 27.8 Å². The maximum absolute atomic E-state index is 9.01. The number of nitrogens with zero attached hydrogens (tertiary/aromatic N) is 1. The summed E-state index contributed by atoms with van der Waals surface area (Å²) in [5.41, 5.74) is 7.19. The Labute approximate surface area is 116 Å². The summed E-state index contributed by atoms with van der Waals surface area (Å²) in [7, 11) is 0. The van der Waals surface area contributed by atoms with E-state index in [0.29, 0.717) is 12.0 Å². The minimum atomic E-state index is 0.0250. The number of hydrogen-bond donors (Lipinski definition) is 3. The largest absolute Gasteiger partial charge is 0.396 e. The van der Waals surface area contributed by atoms with E-state index in [-0.39, 0.29) is 17.7 Å². The number of thioether (sulfide) groups is 1. The van der Waals surface area contributed by atoms with E-state index in [1.165, 1.54) is 0 Å². The number of aliphatic hydroxyl groups is 1. The Hall–Kier alpha value is -1.59. The van der Waals surface area contributed by atoms with Crippen molar-refractivity contribution < 1.29 is 5.11 Å². The fraction of sp³-hybridized carbons (Fsp3) is 0.286. The molecule has 0 aliphatic rings. The van der Waals surface area contributed by atoms with Gasteiger partial charge in [0.1, 0.15) is 5.84 Å².